The zero-order valence-corrected chi connectivity index (χ0v) is 18.0. The zero-order chi connectivity index (χ0) is 20.8. The minimum Gasteiger partial charge on any atom is -0.416 e. The number of para-hydroxylation sites is 2. The number of fused-ring (bicyclic) bond motifs is 3. The molecule has 0 spiro atoms. The normalized spacial score (nSPS) is 11.4. The van der Waals surface area contributed by atoms with Gasteiger partial charge in [-0.05, 0) is 54.6 Å². The van der Waals surface area contributed by atoms with Crippen LogP contribution in [-0.2, 0) is 0 Å². The van der Waals surface area contributed by atoms with Crippen molar-refractivity contribution >= 4 is 37.7 Å². The lowest BCUT2D eigenvalue weighted by molar-refractivity contribution is 0.584. The van der Waals surface area contributed by atoms with Gasteiger partial charge in [-0.2, -0.15) is 0 Å². The Morgan fingerprint density at radius 3 is 2.13 bits per heavy atom. The van der Waals surface area contributed by atoms with Gasteiger partial charge in [0.15, 0.2) is 0 Å². The number of nitrogens with zero attached hydrogens (tertiary/aromatic N) is 3. The topological polar surface area (TPSA) is 43.9 Å². The summed E-state index contributed by atoms with van der Waals surface area (Å²) in [6.45, 7) is 0. The summed E-state index contributed by atoms with van der Waals surface area (Å²) >= 11 is 3.49. The van der Waals surface area contributed by atoms with E-state index in [1.54, 1.807) is 0 Å². The molecule has 148 valence electrons. The van der Waals surface area contributed by atoms with Crippen LogP contribution in [0.15, 0.2) is 106 Å². The maximum absolute atomic E-state index is 6.01. The van der Waals surface area contributed by atoms with Crippen LogP contribution in [0.5, 0.6) is 0 Å². The smallest absolute Gasteiger partial charge is 0.248 e. The molecule has 0 bridgehead atoms. The van der Waals surface area contributed by atoms with E-state index in [0.29, 0.717) is 11.8 Å². The standard InChI is InChI=1S/C26H16BrN3O/c27-19-8-6-7-17(15-19)25-28-29-26(31-25)18-13-14-24-22(16-18)21-11-4-5-12-23(21)30(24)20-9-2-1-3-10-20/h1-16H. The summed E-state index contributed by atoms with van der Waals surface area (Å²) in [5.74, 6) is 1.01. The maximum atomic E-state index is 6.01. The summed E-state index contributed by atoms with van der Waals surface area (Å²) in [6, 6.07) is 33.0. The lowest BCUT2D eigenvalue weighted by atomic mass is 10.1. The van der Waals surface area contributed by atoms with Gasteiger partial charge in [0.25, 0.3) is 0 Å². The molecule has 0 aliphatic heterocycles. The first-order chi connectivity index (χ1) is 15.3. The summed E-state index contributed by atoms with van der Waals surface area (Å²) in [5.41, 5.74) is 5.23. The molecule has 0 unspecified atom stereocenters. The molecule has 6 rings (SSSR count). The maximum Gasteiger partial charge on any atom is 0.248 e. The molecular formula is C26H16BrN3O. The van der Waals surface area contributed by atoms with Gasteiger partial charge in [0.2, 0.25) is 11.8 Å². The molecule has 0 saturated carbocycles. The van der Waals surface area contributed by atoms with Crippen molar-refractivity contribution in [3.8, 4) is 28.6 Å². The van der Waals surface area contributed by atoms with Crippen molar-refractivity contribution in [2.24, 2.45) is 0 Å². The van der Waals surface area contributed by atoms with E-state index in [-0.39, 0.29) is 0 Å². The molecule has 4 nitrogen and oxygen atoms in total. The molecule has 31 heavy (non-hydrogen) atoms. The second-order valence-electron chi connectivity index (χ2n) is 7.34. The van der Waals surface area contributed by atoms with Gasteiger partial charge in [-0.25, -0.2) is 0 Å². The number of rotatable bonds is 3. The van der Waals surface area contributed by atoms with Crippen LogP contribution >= 0.6 is 15.9 Å². The van der Waals surface area contributed by atoms with E-state index in [1.165, 1.54) is 10.9 Å². The first-order valence-electron chi connectivity index (χ1n) is 9.96. The van der Waals surface area contributed by atoms with Crippen LogP contribution in [0, 0.1) is 0 Å². The van der Waals surface area contributed by atoms with Crippen LogP contribution in [0.3, 0.4) is 0 Å². The molecule has 0 aliphatic carbocycles. The lowest BCUT2D eigenvalue weighted by Crippen LogP contribution is -1.92. The second-order valence-corrected chi connectivity index (χ2v) is 8.26. The summed E-state index contributed by atoms with van der Waals surface area (Å²) in [4.78, 5) is 0. The quantitative estimate of drug-likeness (QED) is 0.276. The molecule has 0 radical (unpaired) electrons. The molecule has 0 amide bonds. The molecule has 0 aliphatic rings. The third-order valence-electron chi connectivity index (χ3n) is 5.43. The average Bonchev–Trinajstić information content (AvgIpc) is 3.43. The van der Waals surface area contributed by atoms with E-state index >= 15 is 0 Å². The monoisotopic (exact) mass is 465 g/mol. The van der Waals surface area contributed by atoms with Crippen LogP contribution in [-0.4, -0.2) is 14.8 Å². The molecule has 4 aromatic carbocycles. The molecule has 6 aromatic rings. The number of hydrogen-bond acceptors (Lipinski definition) is 3. The van der Waals surface area contributed by atoms with Gasteiger partial charge in [-0.1, -0.05) is 58.4 Å². The van der Waals surface area contributed by atoms with Gasteiger partial charge in [-0.15, -0.1) is 10.2 Å². The lowest BCUT2D eigenvalue weighted by Gasteiger charge is -2.07. The zero-order valence-electron chi connectivity index (χ0n) is 16.4. The van der Waals surface area contributed by atoms with E-state index in [4.69, 9.17) is 4.42 Å². The SMILES string of the molecule is Brc1cccc(-c2nnc(-c3ccc4c(c3)c3ccccc3n4-c3ccccc3)o2)c1. The average molecular weight is 466 g/mol. The molecule has 0 saturated heterocycles. The Morgan fingerprint density at radius 1 is 0.613 bits per heavy atom. The summed E-state index contributed by atoms with van der Waals surface area (Å²) in [6.07, 6.45) is 0. The Labute approximate surface area is 186 Å². The first kappa shape index (κ1) is 18.1. The van der Waals surface area contributed by atoms with Crippen LogP contribution in [0.2, 0.25) is 0 Å². The molecule has 0 N–H and O–H groups in total. The first-order valence-corrected chi connectivity index (χ1v) is 10.8. The predicted octanol–water partition coefficient (Wildman–Crippen LogP) is 7.26. The van der Waals surface area contributed by atoms with Crippen molar-refractivity contribution in [2.75, 3.05) is 0 Å². The Hall–Kier alpha value is -3.70. The summed E-state index contributed by atoms with van der Waals surface area (Å²) in [7, 11) is 0. The molecule has 2 heterocycles. The van der Waals surface area contributed by atoms with E-state index in [0.717, 1.165) is 32.2 Å². The largest absolute Gasteiger partial charge is 0.416 e. The third-order valence-corrected chi connectivity index (χ3v) is 5.92. The van der Waals surface area contributed by atoms with Gasteiger partial charge in [0.1, 0.15) is 0 Å². The molecule has 0 fully saturated rings. The van der Waals surface area contributed by atoms with Crippen molar-refractivity contribution < 1.29 is 4.42 Å². The molecular weight excluding hydrogens is 450 g/mol. The van der Waals surface area contributed by atoms with Gasteiger partial charge >= 0.3 is 0 Å². The van der Waals surface area contributed by atoms with Crippen LogP contribution in [0.1, 0.15) is 0 Å². The van der Waals surface area contributed by atoms with Gasteiger partial charge in [-0.3, -0.25) is 0 Å². The third kappa shape index (κ3) is 3.05. The Bertz CT molecular complexity index is 1550. The fourth-order valence-electron chi connectivity index (χ4n) is 4.04. The van der Waals surface area contributed by atoms with E-state index < -0.39 is 0 Å². The minimum absolute atomic E-state index is 0.503. The number of halogens is 1. The Kier molecular flexibility index (Phi) is 4.21. The van der Waals surface area contributed by atoms with Crippen molar-refractivity contribution in [3.05, 3.63) is 102 Å². The van der Waals surface area contributed by atoms with Crippen LogP contribution in [0.4, 0.5) is 0 Å². The van der Waals surface area contributed by atoms with Crippen molar-refractivity contribution in [1.82, 2.24) is 14.8 Å². The Balaban J connectivity index is 1.52. The van der Waals surface area contributed by atoms with Crippen molar-refractivity contribution in [3.63, 3.8) is 0 Å². The minimum atomic E-state index is 0.503. The predicted molar refractivity (Wildman–Crippen MR) is 127 cm³/mol. The summed E-state index contributed by atoms with van der Waals surface area (Å²) < 4.78 is 9.27. The number of benzene rings is 4. The van der Waals surface area contributed by atoms with Gasteiger partial charge < -0.3 is 8.98 Å². The highest BCUT2D eigenvalue weighted by atomic mass is 79.9. The van der Waals surface area contributed by atoms with Gasteiger partial charge in [0.05, 0.1) is 11.0 Å². The molecule has 0 atom stereocenters. The molecule has 2 aromatic heterocycles. The van der Waals surface area contributed by atoms with Crippen molar-refractivity contribution in [1.29, 1.82) is 0 Å². The van der Waals surface area contributed by atoms with Crippen LogP contribution in [0.25, 0.3) is 50.4 Å². The number of aromatic nitrogens is 3. The summed E-state index contributed by atoms with van der Waals surface area (Å²) in [5, 5.41) is 10.9. The van der Waals surface area contributed by atoms with E-state index in [1.807, 2.05) is 36.4 Å². The highest BCUT2D eigenvalue weighted by Gasteiger charge is 2.15. The fraction of sp³-hybridized carbons (Fsp3) is 0. The second kappa shape index (κ2) is 7.22. The molecule has 5 heteroatoms. The fourth-order valence-corrected chi connectivity index (χ4v) is 4.44. The highest BCUT2D eigenvalue weighted by Crippen LogP contribution is 2.35. The number of hydrogen-bond donors (Lipinski definition) is 0. The van der Waals surface area contributed by atoms with Crippen molar-refractivity contribution in [2.45, 2.75) is 0 Å². The highest BCUT2D eigenvalue weighted by molar-refractivity contribution is 9.10. The van der Waals surface area contributed by atoms with E-state index in [9.17, 15) is 0 Å². The Morgan fingerprint density at radius 2 is 1.32 bits per heavy atom. The van der Waals surface area contributed by atoms with E-state index in [2.05, 4.69) is 91.4 Å². The van der Waals surface area contributed by atoms with Crippen LogP contribution < -0.4 is 0 Å². The van der Waals surface area contributed by atoms with Gasteiger partial charge in [0, 0.05) is 32.1 Å².